The minimum atomic E-state index is -0.176. The highest BCUT2D eigenvalue weighted by molar-refractivity contribution is 7.98. The van der Waals surface area contributed by atoms with E-state index >= 15 is 0 Å². The van der Waals surface area contributed by atoms with Gasteiger partial charge in [0.1, 0.15) is 0 Å². The summed E-state index contributed by atoms with van der Waals surface area (Å²) in [5.41, 5.74) is 4.62. The Bertz CT molecular complexity index is 872. The molecule has 1 amide bonds. The predicted octanol–water partition coefficient (Wildman–Crippen LogP) is 3.77. The average molecular weight is 374 g/mol. The van der Waals surface area contributed by atoms with Crippen molar-refractivity contribution in [2.24, 2.45) is 0 Å². The molecule has 26 heavy (non-hydrogen) atoms. The average Bonchev–Trinajstić information content (AvgIpc) is 2.55. The molecule has 1 heterocycles. The molecule has 0 unspecified atom stereocenters. The first-order valence-electron chi connectivity index (χ1n) is 8.65. The topological polar surface area (TPSA) is 74.0 Å². The van der Waals surface area contributed by atoms with Crippen LogP contribution in [0.3, 0.4) is 0 Å². The number of thioether (sulfide) groups is 1. The summed E-state index contributed by atoms with van der Waals surface area (Å²) in [5.74, 6) is -0.176. The number of benzene rings is 1. The van der Waals surface area contributed by atoms with Gasteiger partial charge in [0.25, 0.3) is 11.5 Å². The summed E-state index contributed by atoms with van der Waals surface area (Å²) in [4.78, 5) is 28.7. The van der Waals surface area contributed by atoms with Gasteiger partial charge < -0.3 is 15.6 Å². The normalized spacial score (nSPS) is 10.9. The first-order chi connectivity index (χ1) is 12.2. The summed E-state index contributed by atoms with van der Waals surface area (Å²) in [6.45, 7) is 10.0. The van der Waals surface area contributed by atoms with Crippen molar-refractivity contribution in [3.05, 3.63) is 56.5 Å². The lowest BCUT2D eigenvalue weighted by atomic mass is 10.0. The fraction of sp³-hybridized carbons (Fsp3) is 0.400. The molecule has 3 N–H and O–H groups in total. The minimum absolute atomic E-state index is 0.153. The molecule has 1 aromatic carbocycles. The molecule has 0 aliphatic heterocycles. The van der Waals surface area contributed by atoms with E-state index in [4.69, 9.17) is 0 Å². The molecule has 0 saturated heterocycles. The van der Waals surface area contributed by atoms with Crippen molar-refractivity contribution in [2.45, 2.75) is 52.1 Å². The molecule has 2 aromatic rings. The summed E-state index contributed by atoms with van der Waals surface area (Å²) >= 11 is 1.60. The maximum atomic E-state index is 12.8. The van der Waals surface area contributed by atoms with Crippen molar-refractivity contribution in [1.29, 1.82) is 0 Å². The third kappa shape index (κ3) is 4.69. The zero-order chi connectivity index (χ0) is 19.4. The molecular weight excluding hydrogens is 346 g/mol. The molecule has 0 aliphatic rings. The van der Waals surface area contributed by atoms with E-state index in [0.717, 1.165) is 27.4 Å². The Balaban J connectivity index is 2.28. The van der Waals surface area contributed by atoms with Crippen LogP contribution in [0.2, 0.25) is 0 Å². The molecule has 1 aromatic heterocycles. The van der Waals surface area contributed by atoms with E-state index in [0.29, 0.717) is 11.1 Å². The monoisotopic (exact) mass is 373 g/mol. The van der Waals surface area contributed by atoms with Crippen LogP contribution in [-0.2, 0) is 6.54 Å². The number of hydrogen-bond donors (Lipinski definition) is 3. The molecule has 6 heteroatoms. The molecule has 0 atom stereocenters. The Morgan fingerprint density at radius 2 is 1.88 bits per heavy atom. The Hall–Kier alpha value is -2.21. The smallest absolute Gasteiger partial charge is 0.253 e. The van der Waals surface area contributed by atoms with Gasteiger partial charge in [-0.1, -0.05) is 0 Å². The largest absolute Gasteiger partial charge is 0.383 e. The van der Waals surface area contributed by atoms with Gasteiger partial charge in [0.05, 0.1) is 0 Å². The number of anilines is 1. The molecule has 0 radical (unpaired) electrons. The Morgan fingerprint density at radius 1 is 1.19 bits per heavy atom. The highest BCUT2D eigenvalue weighted by atomic mass is 32.2. The third-order valence-electron chi connectivity index (χ3n) is 4.23. The van der Waals surface area contributed by atoms with Gasteiger partial charge in [-0.05, 0) is 70.2 Å². The van der Waals surface area contributed by atoms with Crippen molar-refractivity contribution in [2.75, 3.05) is 11.6 Å². The lowest BCUT2D eigenvalue weighted by Gasteiger charge is -2.17. The number of aromatic amines is 1. The molecule has 2 rings (SSSR count). The summed E-state index contributed by atoms with van der Waals surface area (Å²) in [7, 11) is 0. The lowest BCUT2D eigenvalue weighted by molar-refractivity contribution is 0.0950. The lowest BCUT2D eigenvalue weighted by Crippen LogP contribution is -2.28. The maximum Gasteiger partial charge on any atom is 0.253 e. The molecule has 0 bridgehead atoms. The standard InChI is InChI=1S/C20H27N3O2S/c1-11(2)22-18-9-15(26-6)8-16(14(18)5)19(24)21-10-17-12(3)7-13(4)23-20(17)25/h7-9,11,22H,10H2,1-6H3,(H,21,24)(H,23,25). The second-order valence-electron chi connectivity index (χ2n) is 6.77. The molecule has 0 aliphatic carbocycles. The van der Waals surface area contributed by atoms with Crippen LogP contribution in [0.1, 0.15) is 46.6 Å². The van der Waals surface area contributed by atoms with Crippen LogP contribution >= 0.6 is 11.8 Å². The predicted molar refractivity (Wildman–Crippen MR) is 109 cm³/mol. The van der Waals surface area contributed by atoms with Crippen LogP contribution in [0.15, 0.2) is 27.9 Å². The fourth-order valence-electron chi connectivity index (χ4n) is 2.87. The Morgan fingerprint density at radius 3 is 2.46 bits per heavy atom. The fourth-order valence-corrected chi connectivity index (χ4v) is 3.34. The number of aromatic nitrogens is 1. The molecule has 0 fully saturated rings. The van der Waals surface area contributed by atoms with Gasteiger partial charge in [-0.2, -0.15) is 0 Å². The van der Waals surface area contributed by atoms with Gasteiger partial charge in [-0.25, -0.2) is 0 Å². The molecule has 5 nitrogen and oxygen atoms in total. The van der Waals surface area contributed by atoms with E-state index in [-0.39, 0.29) is 24.1 Å². The summed E-state index contributed by atoms with van der Waals surface area (Å²) < 4.78 is 0. The number of carbonyl (C=O) groups is 1. The van der Waals surface area contributed by atoms with Crippen LogP contribution in [0.4, 0.5) is 5.69 Å². The van der Waals surface area contributed by atoms with E-state index in [1.54, 1.807) is 11.8 Å². The highest BCUT2D eigenvalue weighted by Gasteiger charge is 2.15. The maximum absolute atomic E-state index is 12.8. The SMILES string of the molecule is CSc1cc(NC(C)C)c(C)c(C(=O)NCc2c(C)cc(C)[nH]c2=O)c1. The van der Waals surface area contributed by atoms with E-state index in [9.17, 15) is 9.59 Å². The van der Waals surface area contributed by atoms with Gasteiger partial charge in [-0.3, -0.25) is 9.59 Å². The van der Waals surface area contributed by atoms with Gasteiger partial charge in [0.2, 0.25) is 0 Å². The van der Waals surface area contributed by atoms with E-state index in [1.165, 1.54) is 0 Å². The molecule has 0 spiro atoms. The number of H-pyrrole nitrogens is 1. The van der Waals surface area contributed by atoms with Gasteiger partial charge in [0.15, 0.2) is 0 Å². The van der Waals surface area contributed by atoms with Crippen molar-refractivity contribution in [3.63, 3.8) is 0 Å². The molecule has 140 valence electrons. The summed E-state index contributed by atoms with van der Waals surface area (Å²) in [6.07, 6.45) is 1.99. The van der Waals surface area contributed by atoms with Crippen LogP contribution in [0, 0.1) is 20.8 Å². The first kappa shape index (κ1) is 20.1. The number of rotatable bonds is 6. The van der Waals surface area contributed by atoms with Crippen molar-refractivity contribution >= 4 is 23.4 Å². The summed E-state index contributed by atoms with van der Waals surface area (Å²) in [5, 5.41) is 6.29. The summed E-state index contributed by atoms with van der Waals surface area (Å²) in [6, 6.07) is 6.14. The van der Waals surface area contributed by atoms with Crippen molar-refractivity contribution < 1.29 is 4.79 Å². The minimum Gasteiger partial charge on any atom is -0.383 e. The number of carbonyl (C=O) groups excluding carboxylic acids is 1. The highest BCUT2D eigenvalue weighted by Crippen LogP contribution is 2.27. The zero-order valence-corrected chi connectivity index (χ0v) is 17.1. The third-order valence-corrected chi connectivity index (χ3v) is 4.93. The first-order valence-corrected chi connectivity index (χ1v) is 9.88. The number of amides is 1. The van der Waals surface area contributed by atoms with Crippen LogP contribution < -0.4 is 16.2 Å². The zero-order valence-electron chi connectivity index (χ0n) is 16.2. The molecular formula is C20H27N3O2S. The Kier molecular flexibility index (Phi) is 6.53. The number of nitrogens with one attached hydrogen (secondary N) is 3. The van der Waals surface area contributed by atoms with Crippen LogP contribution in [0.25, 0.3) is 0 Å². The second kappa shape index (κ2) is 8.45. The van der Waals surface area contributed by atoms with Crippen molar-refractivity contribution in [3.8, 4) is 0 Å². The number of aryl methyl sites for hydroxylation is 2. The van der Waals surface area contributed by atoms with Gasteiger partial charge in [0, 0.05) is 40.0 Å². The van der Waals surface area contributed by atoms with Crippen molar-refractivity contribution in [1.82, 2.24) is 10.3 Å². The van der Waals surface area contributed by atoms with Crippen LogP contribution in [-0.4, -0.2) is 23.2 Å². The number of hydrogen-bond acceptors (Lipinski definition) is 4. The molecule has 0 saturated carbocycles. The quantitative estimate of drug-likeness (QED) is 0.674. The van der Waals surface area contributed by atoms with E-state index < -0.39 is 0 Å². The van der Waals surface area contributed by atoms with Gasteiger partial charge >= 0.3 is 0 Å². The van der Waals surface area contributed by atoms with Gasteiger partial charge in [-0.15, -0.1) is 11.8 Å². The van der Waals surface area contributed by atoms with E-state index in [2.05, 4.69) is 35.5 Å². The van der Waals surface area contributed by atoms with Crippen LogP contribution in [0.5, 0.6) is 0 Å². The Labute approximate surface area is 159 Å². The van der Waals surface area contributed by atoms with E-state index in [1.807, 2.05) is 39.2 Å². The number of pyridine rings is 1. The second-order valence-corrected chi connectivity index (χ2v) is 7.65.